The van der Waals surface area contributed by atoms with Crippen molar-refractivity contribution in [3.8, 4) is 11.5 Å². The van der Waals surface area contributed by atoms with E-state index in [-0.39, 0.29) is 18.2 Å². The Morgan fingerprint density at radius 3 is 2.25 bits per heavy atom. The summed E-state index contributed by atoms with van der Waals surface area (Å²) in [5.74, 6) is 1.64. The van der Waals surface area contributed by atoms with Gasteiger partial charge in [-0.05, 0) is 24.3 Å². The lowest BCUT2D eigenvalue weighted by Crippen LogP contribution is -2.59. The SMILES string of the molecule is COc1ccc(OC2CC(N)C2OC)cc1. The molecule has 0 aromatic heterocycles. The van der Waals surface area contributed by atoms with Crippen molar-refractivity contribution in [3.05, 3.63) is 24.3 Å². The highest BCUT2D eigenvalue weighted by Gasteiger charge is 2.40. The Hall–Kier alpha value is -1.26. The maximum atomic E-state index is 5.80. The molecule has 1 saturated carbocycles. The summed E-state index contributed by atoms with van der Waals surface area (Å²) in [5, 5.41) is 0. The molecule has 4 nitrogen and oxygen atoms in total. The van der Waals surface area contributed by atoms with Crippen LogP contribution in [0.25, 0.3) is 0 Å². The average Bonchev–Trinajstić information content (AvgIpc) is 2.30. The van der Waals surface area contributed by atoms with Crippen molar-refractivity contribution in [1.82, 2.24) is 0 Å². The predicted octanol–water partition coefficient (Wildman–Crippen LogP) is 1.19. The minimum atomic E-state index is 0.00195. The fourth-order valence-electron chi connectivity index (χ4n) is 1.89. The third kappa shape index (κ3) is 2.13. The molecule has 1 aliphatic rings. The van der Waals surface area contributed by atoms with E-state index in [2.05, 4.69) is 0 Å². The van der Waals surface area contributed by atoms with Crippen LogP contribution in [0.2, 0.25) is 0 Å². The number of benzene rings is 1. The van der Waals surface area contributed by atoms with Gasteiger partial charge in [-0.15, -0.1) is 0 Å². The Kier molecular flexibility index (Phi) is 3.31. The van der Waals surface area contributed by atoms with Crippen LogP contribution >= 0.6 is 0 Å². The lowest BCUT2D eigenvalue weighted by molar-refractivity contribution is -0.0782. The first-order chi connectivity index (χ1) is 7.74. The lowest BCUT2D eigenvalue weighted by Gasteiger charge is -2.40. The molecule has 1 aromatic carbocycles. The standard InChI is InChI=1S/C12H17NO3/c1-14-8-3-5-9(6-4-8)16-11-7-10(13)12(11)15-2/h3-6,10-12H,7,13H2,1-2H3. The van der Waals surface area contributed by atoms with Crippen molar-refractivity contribution in [2.75, 3.05) is 14.2 Å². The van der Waals surface area contributed by atoms with Gasteiger partial charge in [0.15, 0.2) is 0 Å². The highest BCUT2D eigenvalue weighted by Crippen LogP contribution is 2.28. The quantitative estimate of drug-likeness (QED) is 0.833. The molecule has 4 heteroatoms. The second kappa shape index (κ2) is 4.72. The minimum Gasteiger partial charge on any atom is -0.497 e. The molecule has 1 fully saturated rings. The van der Waals surface area contributed by atoms with Crippen molar-refractivity contribution >= 4 is 0 Å². The second-order valence-electron chi connectivity index (χ2n) is 3.93. The molecule has 0 saturated heterocycles. The summed E-state index contributed by atoms with van der Waals surface area (Å²) in [6.45, 7) is 0. The molecular formula is C12H17NO3. The topological polar surface area (TPSA) is 53.7 Å². The van der Waals surface area contributed by atoms with Crippen LogP contribution in [0, 0.1) is 0 Å². The number of nitrogens with two attached hydrogens (primary N) is 1. The van der Waals surface area contributed by atoms with E-state index in [0.29, 0.717) is 0 Å². The van der Waals surface area contributed by atoms with Crippen LogP contribution in [0.1, 0.15) is 6.42 Å². The Bertz CT molecular complexity index is 339. The smallest absolute Gasteiger partial charge is 0.128 e. The van der Waals surface area contributed by atoms with E-state index in [1.54, 1.807) is 14.2 Å². The molecule has 2 rings (SSSR count). The third-order valence-electron chi connectivity index (χ3n) is 2.91. The van der Waals surface area contributed by atoms with Gasteiger partial charge in [-0.1, -0.05) is 0 Å². The number of methoxy groups -OCH3 is 2. The monoisotopic (exact) mass is 223 g/mol. The highest BCUT2D eigenvalue weighted by atomic mass is 16.5. The molecule has 0 spiro atoms. The summed E-state index contributed by atoms with van der Waals surface area (Å²) in [6, 6.07) is 7.60. The van der Waals surface area contributed by atoms with Crippen molar-refractivity contribution < 1.29 is 14.2 Å². The summed E-state index contributed by atoms with van der Waals surface area (Å²) in [7, 11) is 3.30. The molecule has 0 heterocycles. The molecular weight excluding hydrogens is 206 g/mol. The van der Waals surface area contributed by atoms with E-state index in [9.17, 15) is 0 Å². The fourth-order valence-corrected chi connectivity index (χ4v) is 1.89. The zero-order chi connectivity index (χ0) is 11.5. The van der Waals surface area contributed by atoms with Gasteiger partial charge >= 0.3 is 0 Å². The van der Waals surface area contributed by atoms with Crippen molar-refractivity contribution in [2.45, 2.75) is 24.7 Å². The molecule has 3 atom stereocenters. The van der Waals surface area contributed by atoms with Crippen LogP contribution in [0.15, 0.2) is 24.3 Å². The molecule has 1 aromatic rings. The number of hydrogen-bond acceptors (Lipinski definition) is 4. The summed E-state index contributed by atoms with van der Waals surface area (Å²) < 4.78 is 16.1. The summed E-state index contributed by atoms with van der Waals surface area (Å²) in [4.78, 5) is 0. The lowest BCUT2D eigenvalue weighted by atomic mass is 9.86. The number of ether oxygens (including phenoxy) is 3. The Morgan fingerprint density at radius 2 is 1.75 bits per heavy atom. The van der Waals surface area contributed by atoms with E-state index in [4.69, 9.17) is 19.9 Å². The van der Waals surface area contributed by atoms with Crippen LogP contribution in [0.3, 0.4) is 0 Å². The fraction of sp³-hybridized carbons (Fsp3) is 0.500. The van der Waals surface area contributed by atoms with E-state index >= 15 is 0 Å². The van der Waals surface area contributed by atoms with Crippen molar-refractivity contribution in [2.24, 2.45) is 5.73 Å². The molecule has 1 aliphatic carbocycles. The van der Waals surface area contributed by atoms with E-state index in [1.165, 1.54) is 0 Å². The summed E-state index contributed by atoms with van der Waals surface area (Å²) in [6.07, 6.45) is 0.903. The molecule has 2 N–H and O–H groups in total. The predicted molar refractivity (Wildman–Crippen MR) is 60.8 cm³/mol. The first-order valence-corrected chi connectivity index (χ1v) is 5.33. The van der Waals surface area contributed by atoms with Gasteiger partial charge in [0.25, 0.3) is 0 Å². The first-order valence-electron chi connectivity index (χ1n) is 5.33. The van der Waals surface area contributed by atoms with Gasteiger partial charge in [-0.25, -0.2) is 0 Å². The van der Waals surface area contributed by atoms with Crippen LogP contribution < -0.4 is 15.2 Å². The number of rotatable bonds is 4. The normalized spacial score (nSPS) is 28.3. The molecule has 3 unspecified atom stereocenters. The van der Waals surface area contributed by atoms with E-state index in [1.807, 2.05) is 24.3 Å². The third-order valence-corrected chi connectivity index (χ3v) is 2.91. The van der Waals surface area contributed by atoms with E-state index in [0.717, 1.165) is 17.9 Å². The zero-order valence-corrected chi connectivity index (χ0v) is 9.55. The molecule has 0 aliphatic heterocycles. The number of hydrogen-bond donors (Lipinski definition) is 1. The van der Waals surface area contributed by atoms with Crippen molar-refractivity contribution in [3.63, 3.8) is 0 Å². The highest BCUT2D eigenvalue weighted by molar-refractivity contribution is 5.31. The molecule has 16 heavy (non-hydrogen) atoms. The molecule has 0 bridgehead atoms. The molecule has 0 amide bonds. The Labute approximate surface area is 95.3 Å². The molecule has 88 valence electrons. The van der Waals surface area contributed by atoms with Gasteiger partial charge < -0.3 is 19.9 Å². The van der Waals surface area contributed by atoms with Crippen molar-refractivity contribution in [1.29, 1.82) is 0 Å². The Morgan fingerprint density at radius 1 is 1.12 bits per heavy atom. The Balaban J connectivity index is 1.94. The van der Waals surface area contributed by atoms with Gasteiger partial charge in [0, 0.05) is 19.6 Å². The maximum absolute atomic E-state index is 5.80. The minimum absolute atomic E-state index is 0.00195. The summed E-state index contributed by atoms with van der Waals surface area (Å²) in [5.41, 5.74) is 5.80. The van der Waals surface area contributed by atoms with Gasteiger partial charge in [-0.3, -0.25) is 0 Å². The first kappa shape index (κ1) is 11.2. The van der Waals surface area contributed by atoms with Crippen LogP contribution in [-0.2, 0) is 4.74 Å². The van der Waals surface area contributed by atoms with E-state index < -0.39 is 0 Å². The second-order valence-corrected chi connectivity index (χ2v) is 3.93. The zero-order valence-electron chi connectivity index (χ0n) is 9.55. The summed E-state index contributed by atoms with van der Waals surface area (Å²) >= 11 is 0. The van der Waals surface area contributed by atoms with Gasteiger partial charge in [0.2, 0.25) is 0 Å². The van der Waals surface area contributed by atoms with Crippen LogP contribution in [0.5, 0.6) is 11.5 Å². The van der Waals surface area contributed by atoms with Crippen LogP contribution in [0.4, 0.5) is 0 Å². The molecule has 0 radical (unpaired) electrons. The van der Waals surface area contributed by atoms with Gasteiger partial charge in [0.1, 0.15) is 23.7 Å². The average molecular weight is 223 g/mol. The maximum Gasteiger partial charge on any atom is 0.128 e. The van der Waals surface area contributed by atoms with Crippen LogP contribution in [-0.4, -0.2) is 32.5 Å². The van der Waals surface area contributed by atoms with Gasteiger partial charge in [0.05, 0.1) is 7.11 Å². The largest absolute Gasteiger partial charge is 0.497 e. The van der Waals surface area contributed by atoms with Gasteiger partial charge in [-0.2, -0.15) is 0 Å².